The zero-order valence-electron chi connectivity index (χ0n) is 13.3. The Morgan fingerprint density at radius 1 is 1.35 bits per heavy atom. The van der Waals surface area contributed by atoms with Gasteiger partial charge in [-0.2, -0.15) is 0 Å². The normalized spacial score (nSPS) is 15.5. The Balaban J connectivity index is 1.59. The summed E-state index contributed by atoms with van der Waals surface area (Å²) in [7, 11) is 3.29. The number of piperidine rings is 1. The molecule has 0 unspecified atom stereocenters. The van der Waals surface area contributed by atoms with Gasteiger partial charge in [-0.15, -0.1) is 5.10 Å². The minimum absolute atomic E-state index is 0.0465. The molecule has 1 aliphatic rings. The smallest absolute Gasteiger partial charge is 0.260 e. The second-order valence-corrected chi connectivity index (χ2v) is 5.52. The Hall–Kier alpha value is -2.57. The first-order chi connectivity index (χ1) is 11.2. The summed E-state index contributed by atoms with van der Waals surface area (Å²) >= 11 is 0. The highest BCUT2D eigenvalue weighted by Crippen LogP contribution is 2.22. The van der Waals surface area contributed by atoms with Crippen molar-refractivity contribution >= 4 is 5.91 Å². The van der Waals surface area contributed by atoms with Crippen molar-refractivity contribution in [3.63, 3.8) is 0 Å². The first kappa shape index (κ1) is 15.3. The van der Waals surface area contributed by atoms with Crippen LogP contribution in [0.3, 0.4) is 0 Å². The molecule has 1 fully saturated rings. The van der Waals surface area contributed by atoms with Crippen molar-refractivity contribution in [2.24, 2.45) is 7.05 Å². The molecule has 0 N–H and O–H groups in total. The van der Waals surface area contributed by atoms with Gasteiger partial charge in [0, 0.05) is 45.4 Å². The predicted octanol–water partition coefficient (Wildman–Crippen LogP) is 1.51. The van der Waals surface area contributed by atoms with Gasteiger partial charge in [0.25, 0.3) is 5.91 Å². The largest absolute Gasteiger partial charge is 0.489 e. The number of carbonyl (C=O) groups excluding carboxylic acids is 1. The topological polar surface area (TPSA) is 69.5 Å². The summed E-state index contributed by atoms with van der Waals surface area (Å²) < 4.78 is 12.7. The first-order valence-electron chi connectivity index (χ1n) is 7.61. The first-order valence-corrected chi connectivity index (χ1v) is 7.61. The zero-order valence-corrected chi connectivity index (χ0v) is 13.3. The van der Waals surface area contributed by atoms with E-state index in [4.69, 9.17) is 9.47 Å². The van der Waals surface area contributed by atoms with E-state index >= 15 is 0 Å². The van der Waals surface area contributed by atoms with Crippen LogP contribution in [0.25, 0.3) is 0 Å². The SMILES string of the molecule is COc1nn(C)cc1C(=O)N1CCC(Oc2cccnc2)CC1. The second-order valence-electron chi connectivity index (χ2n) is 5.52. The van der Waals surface area contributed by atoms with Crippen molar-refractivity contribution in [1.29, 1.82) is 0 Å². The summed E-state index contributed by atoms with van der Waals surface area (Å²) in [6.45, 7) is 1.31. The van der Waals surface area contributed by atoms with Crippen molar-refractivity contribution in [2.75, 3.05) is 20.2 Å². The van der Waals surface area contributed by atoms with Crippen LogP contribution in [0.2, 0.25) is 0 Å². The lowest BCUT2D eigenvalue weighted by atomic mass is 10.1. The molecule has 7 nitrogen and oxygen atoms in total. The average molecular weight is 316 g/mol. The van der Waals surface area contributed by atoms with E-state index in [0.29, 0.717) is 24.5 Å². The Kier molecular flexibility index (Phi) is 4.45. The molecule has 3 rings (SSSR count). The summed E-state index contributed by atoms with van der Waals surface area (Å²) in [6, 6.07) is 3.74. The van der Waals surface area contributed by atoms with Crippen LogP contribution in [0, 0.1) is 0 Å². The van der Waals surface area contributed by atoms with Gasteiger partial charge in [0.2, 0.25) is 5.88 Å². The number of ether oxygens (including phenoxy) is 2. The van der Waals surface area contributed by atoms with E-state index in [2.05, 4.69) is 10.1 Å². The molecule has 0 spiro atoms. The fraction of sp³-hybridized carbons (Fsp3) is 0.438. The number of methoxy groups -OCH3 is 1. The number of nitrogens with zero attached hydrogens (tertiary/aromatic N) is 4. The van der Waals surface area contributed by atoms with Gasteiger partial charge in [0.05, 0.1) is 13.3 Å². The molecule has 7 heteroatoms. The van der Waals surface area contributed by atoms with Gasteiger partial charge in [-0.1, -0.05) is 0 Å². The Morgan fingerprint density at radius 2 is 2.13 bits per heavy atom. The monoisotopic (exact) mass is 316 g/mol. The minimum Gasteiger partial charge on any atom is -0.489 e. The lowest BCUT2D eigenvalue weighted by Gasteiger charge is -2.32. The molecule has 0 radical (unpaired) electrons. The summed E-state index contributed by atoms with van der Waals surface area (Å²) in [5.74, 6) is 1.09. The van der Waals surface area contributed by atoms with Crippen LogP contribution < -0.4 is 9.47 Å². The molecule has 0 aromatic carbocycles. The van der Waals surface area contributed by atoms with Gasteiger partial charge in [0.1, 0.15) is 17.4 Å². The number of amides is 1. The lowest BCUT2D eigenvalue weighted by molar-refractivity contribution is 0.0592. The van der Waals surface area contributed by atoms with Crippen molar-refractivity contribution in [1.82, 2.24) is 19.7 Å². The van der Waals surface area contributed by atoms with E-state index in [9.17, 15) is 4.79 Å². The van der Waals surface area contributed by atoms with Gasteiger partial charge in [0.15, 0.2) is 0 Å². The number of pyridine rings is 1. The van der Waals surface area contributed by atoms with E-state index in [0.717, 1.165) is 18.6 Å². The molecule has 2 aromatic rings. The summed E-state index contributed by atoms with van der Waals surface area (Å²) in [5.41, 5.74) is 0.502. The second kappa shape index (κ2) is 6.68. The highest BCUT2D eigenvalue weighted by Gasteiger charge is 2.27. The van der Waals surface area contributed by atoms with Gasteiger partial charge in [-0.25, -0.2) is 0 Å². The number of aromatic nitrogens is 3. The maximum Gasteiger partial charge on any atom is 0.260 e. The molecule has 0 atom stereocenters. The molecular formula is C16H20N4O3. The Bertz CT molecular complexity index is 663. The average Bonchev–Trinajstić information content (AvgIpc) is 2.97. The summed E-state index contributed by atoms with van der Waals surface area (Å²) in [6.07, 6.45) is 6.82. The van der Waals surface area contributed by atoms with E-state index in [1.165, 1.54) is 7.11 Å². The molecule has 0 bridgehead atoms. The third-order valence-electron chi connectivity index (χ3n) is 3.89. The van der Waals surface area contributed by atoms with Crippen LogP contribution in [0.15, 0.2) is 30.7 Å². The summed E-state index contributed by atoms with van der Waals surface area (Å²) in [4.78, 5) is 18.5. The lowest BCUT2D eigenvalue weighted by Crippen LogP contribution is -2.41. The Morgan fingerprint density at radius 3 is 2.78 bits per heavy atom. The molecule has 122 valence electrons. The molecule has 2 aromatic heterocycles. The van der Waals surface area contributed by atoms with Crippen LogP contribution in [-0.2, 0) is 7.05 Å². The Labute approximate surface area is 134 Å². The zero-order chi connectivity index (χ0) is 16.2. The van der Waals surface area contributed by atoms with Crippen molar-refractivity contribution in [3.05, 3.63) is 36.3 Å². The third kappa shape index (κ3) is 3.44. The maximum atomic E-state index is 12.6. The standard InChI is InChI=1S/C16H20N4O3/c1-19-11-14(15(18-19)22-2)16(21)20-8-5-12(6-9-20)23-13-4-3-7-17-10-13/h3-4,7,10-12H,5-6,8-9H2,1-2H3. The van der Waals surface area contributed by atoms with Crippen molar-refractivity contribution in [2.45, 2.75) is 18.9 Å². The van der Waals surface area contributed by atoms with Crippen molar-refractivity contribution < 1.29 is 14.3 Å². The number of carbonyl (C=O) groups is 1. The molecule has 1 aliphatic heterocycles. The van der Waals surface area contributed by atoms with E-state index in [1.54, 1.807) is 30.3 Å². The molecule has 0 aliphatic carbocycles. The van der Waals surface area contributed by atoms with E-state index in [-0.39, 0.29) is 12.0 Å². The highest BCUT2D eigenvalue weighted by molar-refractivity contribution is 5.96. The number of likely N-dealkylation sites (tertiary alicyclic amines) is 1. The predicted molar refractivity (Wildman–Crippen MR) is 83.6 cm³/mol. The van der Waals surface area contributed by atoms with Gasteiger partial charge >= 0.3 is 0 Å². The molecule has 1 saturated heterocycles. The van der Waals surface area contributed by atoms with E-state index in [1.807, 2.05) is 17.0 Å². The maximum absolute atomic E-state index is 12.6. The van der Waals surface area contributed by atoms with Crippen LogP contribution in [0.5, 0.6) is 11.6 Å². The minimum atomic E-state index is -0.0465. The van der Waals surface area contributed by atoms with Crippen LogP contribution in [-0.4, -0.2) is 51.9 Å². The van der Waals surface area contributed by atoms with Crippen molar-refractivity contribution in [3.8, 4) is 11.6 Å². The molecule has 3 heterocycles. The quantitative estimate of drug-likeness (QED) is 0.855. The molecule has 0 saturated carbocycles. The molecular weight excluding hydrogens is 296 g/mol. The number of hydrogen-bond donors (Lipinski definition) is 0. The van der Waals surface area contributed by atoms with Gasteiger partial charge in [-0.05, 0) is 12.1 Å². The van der Waals surface area contributed by atoms with Gasteiger partial charge < -0.3 is 14.4 Å². The molecule has 1 amide bonds. The van der Waals surface area contributed by atoms with E-state index < -0.39 is 0 Å². The molecule has 23 heavy (non-hydrogen) atoms. The third-order valence-corrected chi connectivity index (χ3v) is 3.89. The van der Waals surface area contributed by atoms with Gasteiger partial charge in [-0.3, -0.25) is 14.5 Å². The van der Waals surface area contributed by atoms with Crippen LogP contribution in [0.1, 0.15) is 23.2 Å². The fourth-order valence-corrected chi connectivity index (χ4v) is 2.72. The van der Waals surface area contributed by atoms with Crippen LogP contribution >= 0.6 is 0 Å². The summed E-state index contributed by atoms with van der Waals surface area (Å²) in [5, 5.41) is 4.13. The highest BCUT2D eigenvalue weighted by atomic mass is 16.5. The number of aryl methyl sites for hydroxylation is 1. The number of rotatable bonds is 4. The fourth-order valence-electron chi connectivity index (χ4n) is 2.72. The van der Waals surface area contributed by atoms with Crippen LogP contribution in [0.4, 0.5) is 0 Å². The number of hydrogen-bond acceptors (Lipinski definition) is 5.